The second-order valence-corrected chi connectivity index (χ2v) is 3.14. The van der Waals surface area contributed by atoms with Gasteiger partial charge in [-0.3, -0.25) is 19.1 Å². The molecular weight excluding hydrogens is 212 g/mol. The zero-order chi connectivity index (χ0) is 11.5. The minimum atomic E-state index is -0.594. The topological polar surface area (TPSA) is 101 Å². The van der Waals surface area contributed by atoms with E-state index in [4.69, 9.17) is 0 Å². The largest absolute Gasteiger partial charge is 0.325 e. The van der Waals surface area contributed by atoms with E-state index in [0.29, 0.717) is 0 Å². The van der Waals surface area contributed by atoms with E-state index >= 15 is 0 Å². The van der Waals surface area contributed by atoms with Crippen molar-refractivity contribution < 1.29 is 4.79 Å². The molecule has 2 N–H and O–H groups in total. The lowest BCUT2D eigenvalue weighted by atomic mass is 10.2. The second kappa shape index (κ2) is 3.97. The predicted octanol–water partition coefficient (Wildman–Crippen LogP) is -0.857. The molecule has 16 heavy (non-hydrogen) atoms. The van der Waals surface area contributed by atoms with Gasteiger partial charge in [0.2, 0.25) is 5.91 Å². The molecular formula is C9H8N4O3. The number of imidazole rings is 1. The van der Waals surface area contributed by atoms with Crippen molar-refractivity contribution in [3.63, 3.8) is 0 Å². The van der Waals surface area contributed by atoms with Crippen LogP contribution in [0.3, 0.4) is 0 Å². The third-order valence-electron chi connectivity index (χ3n) is 2.03. The molecule has 0 amide bonds. The van der Waals surface area contributed by atoms with Gasteiger partial charge in [0.05, 0.1) is 6.42 Å². The van der Waals surface area contributed by atoms with Crippen molar-refractivity contribution in [2.24, 2.45) is 0 Å². The molecule has 2 heterocycles. The molecule has 0 spiro atoms. The molecule has 0 saturated heterocycles. The molecule has 0 atom stereocenters. The minimum absolute atomic E-state index is 0.0948. The van der Waals surface area contributed by atoms with Gasteiger partial charge in [0, 0.05) is 24.2 Å². The Bertz CT molecular complexity index is 608. The van der Waals surface area contributed by atoms with Crippen LogP contribution in [0.1, 0.15) is 10.4 Å². The van der Waals surface area contributed by atoms with E-state index in [0.717, 1.165) is 0 Å². The summed E-state index contributed by atoms with van der Waals surface area (Å²) in [7, 11) is 0. The highest BCUT2D eigenvalue weighted by Crippen LogP contribution is 1.93. The normalized spacial score (nSPS) is 10.2. The molecule has 2 aromatic rings. The first-order valence-electron chi connectivity index (χ1n) is 4.49. The number of nitrogens with zero attached hydrogens (tertiary/aromatic N) is 2. The van der Waals surface area contributed by atoms with Crippen LogP contribution in [-0.2, 0) is 6.42 Å². The number of carbonyl (C=O) groups excluding carboxylic acids is 1. The Kier molecular flexibility index (Phi) is 2.50. The summed E-state index contributed by atoms with van der Waals surface area (Å²) < 4.78 is 1.27. The van der Waals surface area contributed by atoms with Crippen LogP contribution >= 0.6 is 0 Å². The monoisotopic (exact) mass is 220 g/mol. The molecule has 0 saturated carbocycles. The van der Waals surface area contributed by atoms with Crippen LogP contribution in [0.5, 0.6) is 0 Å². The van der Waals surface area contributed by atoms with Crippen LogP contribution in [-0.4, -0.2) is 25.4 Å². The van der Waals surface area contributed by atoms with Crippen LogP contribution in [0.25, 0.3) is 0 Å². The number of nitrogens with one attached hydrogen (secondary N) is 2. The summed E-state index contributed by atoms with van der Waals surface area (Å²) >= 11 is 0. The standard InChI is InChI=1S/C9H8N4O3/c14-7(13-2-1-10-5-13)3-6-4-11-9(16)12-8(6)15/h1-2,4-5H,3H2,(H2,11,12,15,16). The number of hydrogen-bond acceptors (Lipinski definition) is 4. The van der Waals surface area contributed by atoms with Crippen molar-refractivity contribution in [3.05, 3.63) is 51.3 Å². The summed E-state index contributed by atoms with van der Waals surface area (Å²) in [5.74, 6) is -0.296. The van der Waals surface area contributed by atoms with Crippen molar-refractivity contribution in [1.29, 1.82) is 0 Å². The zero-order valence-corrected chi connectivity index (χ0v) is 8.14. The van der Waals surface area contributed by atoms with E-state index in [2.05, 4.69) is 9.97 Å². The van der Waals surface area contributed by atoms with Gasteiger partial charge in [-0.1, -0.05) is 0 Å². The molecule has 7 nitrogen and oxygen atoms in total. The number of carbonyl (C=O) groups is 1. The first-order chi connectivity index (χ1) is 7.66. The van der Waals surface area contributed by atoms with Gasteiger partial charge in [-0.15, -0.1) is 0 Å². The zero-order valence-electron chi connectivity index (χ0n) is 8.14. The molecule has 82 valence electrons. The van der Waals surface area contributed by atoms with Crippen molar-refractivity contribution >= 4 is 5.91 Å². The van der Waals surface area contributed by atoms with Crippen LogP contribution in [0.4, 0.5) is 0 Å². The highest BCUT2D eigenvalue weighted by atomic mass is 16.2. The van der Waals surface area contributed by atoms with Gasteiger partial charge in [-0.2, -0.15) is 0 Å². The molecule has 7 heteroatoms. The summed E-state index contributed by atoms with van der Waals surface area (Å²) in [6, 6.07) is 0. The maximum atomic E-state index is 11.6. The van der Waals surface area contributed by atoms with Crippen LogP contribution in [0, 0.1) is 0 Å². The van der Waals surface area contributed by atoms with Gasteiger partial charge in [0.25, 0.3) is 5.56 Å². The fourth-order valence-corrected chi connectivity index (χ4v) is 1.23. The lowest BCUT2D eigenvalue weighted by molar-refractivity contribution is 0.0913. The fourth-order valence-electron chi connectivity index (χ4n) is 1.23. The molecule has 0 aliphatic carbocycles. The number of aromatic amines is 2. The Hall–Kier alpha value is -2.44. The first-order valence-corrected chi connectivity index (χ1v) is 4.49. The lowest BCUT2D eigenvalue weighted by Gasteiger charge is -1.99. The molecule has 0 fully saturated rings. The Morgan fingerprint density at radius 1 is 1.44 bits per heavy atom. The number of H-pyrrole nitrogens is 2. The number of hydrogen-bond donors (Lipinski definition) is 2. The van der Waals surface area contributed by atoms with Gasteiger partial charge in [-0.25, -0.2) is 9.78 Å². The van der Waals surface area contributed by atoms with Crippen LogP contribution in [0.15, 0.2) is 34.5 Å². The van der Waals surface area contributed by atoms with Gasteiger partial charge in [0.15, 0.2) is 0 Å². The summed E-state index contributed by atoms with van der Waals surface area (Å²) in [6.45, 7) is 0. The maximum absolute atomic E-state index is 11.6. The maximum Gasteiger partial charge on any atom is 0.325 e. The Morgan fingerprint density at radius 3 is 2.88 bits per heavy atom. The smallest absolute Gasteiger partial charge is 0.314 e. The molecule has 0 radical (unpaired) electrons. The van der Waals surface area contributed by atoms with E-state index in [1.54, 1.807) is 0 Å². The number of rotatable bonds is 2. The van der Waals surface area contributed by atoms with E-state index in [1.807, 2.05) is 4.98 Å². The van der Waals surface area contributed by atoms with Gasteiger partial charge in [-0.05, 0) is 0 Å². The predicted molar refractivity (Wildman–Crippen MR) is 54.2 cm³/mol. The molecule has 2 aromatic heterocycles. The Balaban J connectivity index is 2.25. The Labute approximate surface area is 88.8 Å². The van der Waals surface area contributed by atoms with Crippen molar-refractivity contribution in [3.8, 4) is 0 Å². The fraction of sp³-hybridized carbons (Fsp3) is 0.111. The summed E-state index contributed by atoms with van der Waals surface area (Å²) in [5.41, 5.74) is -0.945. The minimum Gasteiger partial charge on any atom is -0.314 e. The summed E-state index contributed by atoms with van der Waals surface area (Å²) in [4.78, 5) is 41.7. The van der Waals surface area contributed by atoms with E-state index in [9.17, 15) is 14.4 Å². The second-order valence-electron chi connectivity index (χ2n) is 3.14. The molecule has 2 rings (SSSR count). The quantitative estimate of drug-likeness (QED) is 0.687. The van der Waals surface area contributed by atoms with E-state index < -0.39 is 11.2 Å². The molecule has 0 unspecified atom stereocenters. The van der Waals surface area contributed by atoms with Gasteiger partial charge < -0.3 is 4.98 Å². The molecule has 0 aliphatic rings. The molecule has 0 aromatic carbocycles. The highest BCUT2D eigenvalue weighted by Gasteiger charge is 2.08. The number of aromatic nitrogens is 4. The highest BCUT2D eigenvalue weighted by molar-refractivity contribution is 5.80. The average Bonchev–Trinajstić information content (AvgIpc) is 2.75. The van der Waals surface area contributed by atoms with E-state index in [-0.39, 0.29) is 17.9 Å². The Morgan fingerprint density at radius 2 is 2.25 bits per heavy atom. The van der Waals surface area contributed by atoms with Crippen LogP contribution < -0.4 is 11.2 Å². The lowest BCUT2D eigenvalue weighted by Crippen LogP contribution is -2.27. The van der Waals surface area contributed by atoms with Crippen molar-refractivity contribution in [1.82, 2.24) is 19.5 Å². The molecule has 0 bridgehead atoms. The SMILES string of the molecule is O=C(Cc1c[nH]c(=O)[nH]c1=O)n1ccnc1. The van der Waals surface area contributed by atoms with Gasteiger partial charge in [0.1, 0.15) is 6.33 Å². The summed E-state index contributed by atoms with van der Waals surface area (Å²) in [5, 5.41) is 0. The average molecular weight is 220 g/mol. The first kappa shape index (κ1) is 10.1. The summed E-state index contributed by atoms with van der Waals surface area (Å²) in [6.07, 6.45) is 5.44. The third kappa shape index (κ3) is 1.97. The van der Waals surface area contributed by atoms with E-state index in [1.165, 1.54) is 29.5 Å². The van der Waals surface area contributed by atoms with Crippen molar-refractivity contribution in [2.45, 2.75) is 6.42 Å². The van der Waals surface area contributed by atoms with Crippen LogP contribution in [0.2, 0.25) is 0 Å². The molecule has 0 aliphatic heterocycles. The van der Waals surface area contributed by atoms with Gasteiger partial charge >= 0.3 is 5.69 Å². The van der Waals surface area contributed by atoms with Crippen molar-refractivity contribution in [2.75, 3.05) is 0 Å². The third-order valence-corrected chi connectivity index (χ3v) is 2.03.